The fourth-order valence-corrected chi connectivity index (χ4v) is 2.42. The molecular weight excluding hydrogens is 224 g/mol. The van der Waals surface area contributed by atoms with E-state index in [1.54, 1.807) is 12.1 Å². The largest absolute Gasteiger partial charge is 0.478 e. The summed E-state index contributed by atoms with van der Waals surface area (Å²) in [4.78, 5) is 11.0. The van der Waals surface area contributed by atoms with Gasteiger partial charge in [-0.2, -0.15) is 0 Å². The second kappa shape index (κ2) is 3.84. The quantitative estimate of drug-likeness (QED) is 0.648. The SMILES string of the molecule is Cc1cc2ccc(C(=O)O)cc2c2ccccc12. The predicted molar refractivity (Wildman–Crippen MR) is 73.2 cm³/mol. The molecule has 0 spiro atoms. The van der Waals surface area contributed by atoms with Gasteiger partial charge >= 0.3 is 5.97 Å². The van der Waals surface area contributed by atoms with Crippen LogP contribution < -0.4 is 0 Å². The van der Waals surface area contributed by atoms with Crippen LogP contribution in [0.25, 0.3) is 21.5 Å². The Bertz CT molecular complexity index is 772. The van der Waals surface area contributed by atoms with Crippen molar-refractivity contribution in [3.8, 4) is 0 Å². The summed E-state index contributed by atoms with van der Waals surface area (Å²) in [5.41, 5.74) is 1.54. The molecule has 0 fully saturated rings. The van der Waals surface area contributed by atoms with Crippen molar-refractivity contribution in [2.45, 2.75) is 6.92 Å². The Kier molecular flexibility index (Phi) is 2.30. The zero-order valence-corrected chi connectivity index (χ0v) is 9.97. The molecule has 0 unspecified atom stereocenters. The normalized spacial score (nSPS) is 10.9. The molecule has 18 heavy (non-hydrogen) atoms. The number of carboxylic acids is 1. The highest BCUT2D eigenvalue weighted by molar-refractivity contribution is 6.10. The van der Waals surface area contributed by atoms with Gasteiger partial charge in [0, 0.05) is 0 Å². The second-order valence-corrected chi connectivity index (χ2v) is 4.48. The highest BCUT2D eigenvalue weighted by Gasteiger charge is 2.07. The number of benzene rings is 3. The molecule has 0 saturated carbocycles. The van der Waals surface area contributed by atoms with Gasteiger partial charge < -0.3 is 5.11 Å². The minimum absolute atomic E-state index is 0.330. The molecule has 0 heterocycles. The molecule has 3 rings (SSSR count). The lowest BCUT2D eigenvalue weighted by Gasteiger charge is -2.08. The second-order valence-electron chi connectivity index (χ2n) is 4.48. The van der Waals surface area contributed by atoms with Crippen LogP contribution in [0.1, 0.15) is 15.9 Å². The summed E-state index contributed by atoms with van der Waals surface area (Å²) < 4.78 is 0. The van der Waals surface area contributed by atoms with Crippen LogP contribution in [-0.4, -0.2) is 11.1 Å². The van der Waals surface area contributed by atoms with E-state index in [0.29, 0.717) is 5.56 Å². The number of hydrogen-bond acceptors (Lipinski definition) is 1. The van der Waals surface area contributed by atoms with Gasteiger partial charge in [0.15, 0.2) is 0 Å². The van der Waals surface area contributed by atoms with Crippen LogP contribution in [0.15, 0.2) is 48.5 Å². The predicted octanol–water partition coefficient (Wildman–Crippen LogP) is 4.00. The van der Waals surface area contributed by atoms with E-state index in [9.17, 15) is 4.79 Å². The van der Waals surface area contributed by atoms with Crippen LogP contribution in [0.5, 0.6) is 0 Å². The monoisotopic (exact) mass is 236 g/mol. The number of aromatic carboxylic acids is 1. The molecular formula is C16H12O2. The van der Waals surface area contributed by atoms with E-state index in [1.165, 1.54) is 10.9 Å². The van der Waals surface area contributed by atoms with Gasteiger partial charge in [0.2, 0.25) is 0 Å². The molecule has 2 nitrogen and oxygen atoms in total. The minimum Gasteiger partial charge on any atom is -0.478 e. The Morgan fingerprint density at radius 2 is 1.67 bits per heavy atom. The van der Waals surface area contributed by atoms with E-state index in [1.807, 2.05) is 24.3 Å². The smallest absolute Gasteiger partial charge is 0.335 e. The first-order chi connectivity index (χ1) is 8.66. The molecule has 0 aliphatic rings. The van der Waals surface area contributed by atoms with E-state index in [0.717, 1.165) is 16.2 Å². The highest BCUT2D eigenvalue weighted by Crippen LogP contribution is 2.29. The Morgan fingerprint density at radius 3 is 2.39 bits per heavy atom. The van der Waals surface area contributed by atoms with Crippen LogP contribution >= 0.6 is 0 Å². The lowest BCUT2D eigenvalue weighted by atomic mass is 9.96. The van der Waals surface area contributed by atoms with E-state index in [2.05, 4.69) is 19.1 Å². The van der Waals surface area contributed by atoms with Crippen LogP contribution in [0, 0.1) is 6.92 Å². The number of aryl methyl sites for hydroxylation is 1. The first-order valence-electron chi connectivity index (χ1n) is 5.82. The third kappa shape index (κ3) is 1.54. The van der Waals surface area contributed by atoms with E-state index in [4.69, 9.17) is 5.11 Å². The van der Waals surface area contributed by atoms with E-state index in [-0.39, 0.29) is 0 Å². The van der Waals surface area contributed by atoms with Gasteiger partial charge in [-0.05, 0) is 46.2 Å². The van der Waals surface area contributed by atoms with Crippen LogP contribution in [0.4, 0.5) is 0 Å². The third-order valence-corrected chi connectivity index (χ3v) is 3.31. The van der Waals surface area contributed by atoms with Crippen LogP contribution in [0.2, 0.25) is 0 Å². The average molecular weight is 236 g/mol. The van der Waals surface area contributed by atoms with Crippen molar-refractivity contribution in [1.29, 1.82) is 0 Å². The maximum absolute atomic E-state index is 11.0. The molecule has 0 bridgehead atoms. The summed E-state index contributed by atoms with van der Waals surface area (Å²) in [6.45, 7) is 2.08. The summed E-state index contributed by atoms with van der Waals surface area (Å²) in [7, 11) is 0. The number of carboxylic acid groups (broad SMARTS) is 1. The highest BCUT2D eigenvalue weighted by atomic mass is 16.4. The summed E-state index contributed by atoms with van der Waals surface area (Å²) in [5, 5.41) is 13.4. The molecule has 88 valence electrons. The molecule has 0 amide bonds. The molecule has 0 aliphatic heterocycles. The van der Waals surface area contributed by atoms with Crippen LogP contribution in [-0.2, 0) is 0 Å². The average Bonchev–Trinajstić information content (AvgIpc) is 2.38. The summed E-state index contributed by atoms with van der Waals surface area (Å²) in [6, 6.07) is 15.5. The fourth-order valence-electron chi connectivity index (χ4n) is 2.42. The van der Waals surface area contributed by atoms with E-state index >= 15 is 0 Å². The lowest BCUT2D eigenvalue weighted by Crippen LogP contribution is -1.95. The van der Waals surface area contributed by atoms with Crippen molar-refractivity contribution in [3.63, 3.8) is 0 Å². The maximum Gasteiger partial charge on any atom is 0.335 e. The molecule has 0 atom stereocenters. The van der Waals surface area contributed by atoms with Crippen molar-refractivity contribution >= 4 is 27.5 Å². The van der Waals surface area contributed by atoms with E-state index < -0.39 is 5.97 Å². The van der Waals surface area contributed by atoms with Crippen molar-refractivity contribution in [2.24, 2.45) is 0 Å². The minimum atomic E-state index is -0.887. The first-order valence-corrected chi connectivity index (χ1v) is 5.82. The first kappa shape index (κ1) is 10.8. The number of hydrogen-bond donors (Lipinski definition) is 1. The van der Waals surface area contributed by atoms with Crippen molar-refractivity contribution in [2.75, 3.05) is 0 Å². The van der Waals surface area contributed by atoms with Gasteiger partial charge in [-0.3, -0.25) is 0 Å². The Balaban J connectivity index is 2.50. The fraction of sp³-hybridized carbons (Fsp3) is 0.0625. The number of rotatable bonds is 1. The molecule has 0 radical (unpaired) electrons. The van der Waals surface area contributed by atoms with Gasteiger partial charge in [0.25, 0.3) is 0 Å². The number of fused-ring (bicyclic) bond motifs is 3. The number of carbonyl (C=O) groups is 1. The zero-order valence-electron chi connectivity index (χ0n) is 9.97. The zero-order chi connectivity index (χ0) is 12.7. The molecule has 0 saturated heterocycles. The Labute approximate surface area is 104 Å². The van der Waals surface area contributed by atoms with Crippen LogP contribution in [0.3, 0.4) is 0 Å². The van der Waals surface area contributed by atoms with Gasteiger partial charge in [0.05, 0.1) is 5.56 Å². The standard InChI is InChI=1S/C16H12O2/c1-10-8-11-6-7-12(16(17)18)9-15(11)14-5-3-2-4-13(10)14/h2-9H,1H3,(H,17,18). The topological polar surface area (TPSA) is 37.3 Å². The molecule has 2 heteroatoms. The molecule has 0 aliphatic carbocycles. The molecule has 3 aromatic carbocycles. The molecule has 0 aromatic heterocycles. The van der Waals surface area contributed by atoms with Gasteiger partial charge in [-0.1, -0.05) is 36.4 Å². The van der Waals surface area contributed by atoms with Crippen molar-refractivity contribution in [1.82, 2.24) is 0 Å². The summed E-state index contributed by atoms with van der Waals surface area (Å²) >= 11 is 0. The molecule has 1 N–H and O–H groups in total. The molecule has 3 aromatic rings. The van der Waals surface area contributed by atoms with Crippen molar-refractivity contribution < 1.29 is 9.90 Å². The Hall–Kier alpha value is -2.35. The van der Waals surface area contributed by atoms with Crippen molar-refractivity contribution in [3.05, 3.63) is 59.7 Å². The summed E-state index contributed by atoms with van der Waals surface area (Å²) in [6.07, 6.45) is 0. The van der Waals surface area contributed by atoms with Gasteiger partial charge in [-0.15, -0.1) is 0 Å². The van der Waals surface area contributed by atoms with Gasteiger partial charge in [-0.25, -0.2) is 4.79 Å². The van der Waals surface area contributed by atoms with Gasteiger partial charge in [0.1, 0.15) is 0 Å². The maximum atomic E-state index is 11.0. The lowest BCUT2D eigenvalue weighted by molar-refractivity contribution is 0.0697. The third-order valence-electron chi connectivity index (χ3n) is 3.31. The summed E-state index contributed by atoms with van der Waals surface area (Å²) in [5.74, 6) is -0.887. The Morgan fingerprint density at radius 1 is 0.944 bits per heavy atom.